The van der Waals surface area contributed by atoms with E-state index in [2.05, 4.69) is 5.10 Å². The minimum Gasteiger partial charge on any atom is -0.266 e. The molecule has 0 radical (unpaired) electrons. The molecule has 72 valence electrons. The number of hydrogen-bond donors (Lipinski definition) is 0. The van der Waals surface area contributed by atoms with Crippen molar-refractivity contribution >= 4 is 23.2 Å². The molecule has 0 N–H and O–H groups in total. The lowest BCUT2D eigenvalue weighted by Gasteiger charge is -2.03. The molecular formula is C6H4Cl2F2N2O. The molecule has 13 heavy (non-hydrogen) atoms. The molecule has 7 heteroatoms. The molecule has 0 amide bonds. The van der Waals surface area contributed by atoms with Gasteiger partial charge in [-0.2, -0.15) is 5.10 Å². The molecule has 0 atom stereocenters. The maximum absolute atomic E-state index is 11.9. The van der Waals surface area contributed by atoms with Gasteiger partial charge in [0.25, 0.3) is 12.0 Å². The van der Waals surface area contributed by atoms with Gasteiger partial charge in [-0.05, 0) is 0 Å². The Morgan fingerprint density at radius 2 is 2.15 bits per heavy atom. The van der Waals surface area contributed by atoms with E-state index in [1.165, 1.54) is 0 Å². The number of hydrogen-bond acceptors (Lipinski definition) is 2. The third-order valence-electron chi connectivity index (χ3n) is 1.25. The Morgan fingerprint density at radius 1 is 1.54 bits per heavy atom. The molecule has 0 aliphatic carbocycles. The molecule has 0 spiro atoms. The average molecular weight is 229 g/mol. The van der Waals surface area contributed by atoms with Gasteiger partial charge in [0.2, 0.25) is 0 Å². The third-order valence-corrected chi connectivity index (χ3v) is 2.00. The maximum atomic E-state index is 11.9. The highest BCUT2D eigenvalue weighted by Crippen LogP contribution is 2.14. The molecule has 1 aromatic rings. The number of nitrogens with zero attached hydrogens (tertiary/aromatic N) is 2. The largest absolute Gasteiger partial charge is 0.287 e. The van der Waals surface area contributed by atoms with Crippen LogP contribution in [0.1, 0.15) is 0 Å². The molecule has 3 nitrogen and oxygen atoms in total. The molecule has 0 aliphatic heterocycles. The van der Waals surface area contributed by atoms with E-state index < -0.39 is 18.5 Å². The van der Waals surface area contributed by atoms with E-state index in [9.17, 15) is 13.6 Å². The first-order valence-electron chi connectivity index (χ1n) is 3.21. The lowest BCUT2D eigenvalue weighted by atomic mass is 10.5. The van der Waals surface area contributed by atoms with Crippen LogP contribution < -0.4 is 5.56 Å². The first-order valence-corrected chi connectivity index (χ1v) is 3.97. The highest BCUT2D eigenvalue weighted by molar-refractivity contribution is 6.41. The Morgan fingerprint density at radius 3 is 2.69 bits per heavy atom. The summed E-state index contributed by atoms with van der Waals surface area (Å²) in [7, 11) is 0. The zero-order chi connectivity index (χ0) is 10.0. The summed E-state index contributed by atoms with van der Waals surface area (Å²) in [6.45, 7) is -0.782. The van der Waals surface area contributed by atoms with Gasteiger partial charge in [0.05, 0.1) is 11.2 Å². The molecule has 1 heterocycles. The minimum atomic E-state index is -2.65. The van der Waals surface area contributed by atoms with Crippen molar-refractivity contribution in [1.82, 2.24) is 9.78 Å². The van der Waals surface area contributed by atoms with E-state index in [-0.39, 0.29) is 10.0 Å². The van der Waals surface area contributed by atoms with Gasteiger partial charge in [0, 0.05) is 0 Å². The maximum Gasteiger partial charge on any atom is 0.287 e. The molecule has 0 bridgehead atoms. The van der Waals surface area contributed by atoms with E-state index in [0.29, 0.717) is 4.68 Å². The Kier molecular flexibility index (Phi) is 3.22. The summed E-state index contributed by atoms with van der Waals surface area (Å²) in [5.74, 6) is 0. The summed E-state index contributed by atoms with van der Waals surface area (Å²) in [6.07, 6.45) is -1.60. The molecule has 0 unspecified atom stereocenters. The Balaban J connectivity index is 3.12. The molecule has 0 aliphatic rings. The van der Waals surface area contributed by atoms with Crippen LogP contribution in [0.25, 0.3) is 0 Å². The first kappa shape index (κ1) is 10.4. The first-order chi connectivity index (χ1) is 6.02. The van der Waals surface area contributed by atoms with E-state index in [1.807, 2.05) is 0 Å². The standard InChI is InChI=1S/C6H4Cl2F2N2O/c7-3-1-11-12(2-4(9)10)6(13)5(3)8/h1,4H,2H2. The summed E-state index contributed by atoms with van der Waals surface area (Å²) in [6, 6.07) is 0. The normalized spacial score (nSPS) is 10.8. The second-order valence-corrected chi connectivity index (χ2v) is 2.97. The number of alkyl halides is 2. The van der Waals surface area contributed by atoms with E-state index in [0.717, 1.165) is 6.20 Å². The zero-order valence-corrected chi connectivity index (χ0v) is 7.69. The fourth-order valence-electron chi connectivity index (χ4n) is 0.706. The highest BCUT2D eigenvalue weighted by Gasteiger charge is 2.10. The van der Waals surface area contributed by atoms with Crippen molar-refractivity contribution in [2.75, 3.05) is 0 Å². The topological polar surface area (TPSA) is 34.9 Å². The summed E-state index contributed by atoms with van der Waals surface area (Å²) >= 11 is 10.8. The Bertz CT molecular complexity index is 366. The molecular weight excluding hydrogens is 225 g/mol. The molecule has 1 rings (SSSR count). The van der Waals surface area contributed by atoms with E-state index in [4.69, 9.17) is 23.2 Å². The van der Waals surface area contributed by atoms with Crippen LogP contribution >= 0.6 is 23.2 Å². The monoisotopic (exact) mass is 228 g/mol. The van der Waals surface area contributed by atoms with Gasteiger partial charge >= 0.3 is 0 Å². The van der Waals surface area contributed by atoms with Crippen LogP contribution in [0.15, 0.2) is 11.0 Å². The summed E-state index contributed by atoms with van der Waals surface area (Å²) in [5, 5.41) is 3.05. The fraction of sp³-hybridized carbons (Fsp3) is 0.333. The van der Waals surface area contributed by atoms with Crippen molar-refractivity contribution in [1.29, 1.82) is 0 Å². The smallest absolute Gasteiger partial charge is 0.266 e. The lowest BCUT2D eigenvalue weighted by Crippen LogP contribution is -2.26. The Hall–Kier alpha value is -0.680. The number of rotatable bonds is 2. The van der Waals surface area contributed by atoms with Crippen LogP contribution in [0.5, 0.6) is 0 Å². The Labute approximate surface area is 81.9 Å². The van der Waals surface area contributed by atoms with E-state index in [1.54, 1.807) is 0 Å². The summed E-state index contributed by atoms with van der Waals surface area (Å²) < 4.78 is 24.3. The second kappa shape index (κ2) is 4.02. The summed E-state index contributed by atoms with van der Waals surface area (Å²) in [5.41, 5.74) is -0.811. The molecule has 0 saturated heterocycles. The van der Waals surface area contributed by atoms with Crippen molar-refractivity contribution in [3.63, 3.8) is 0 Å². The predicted octanol–water partition coefficient (Wildman–Crippen LogP) is 1.82. The SMILES string of the molecule is O=c1c(Cl)c(Cl)cnn1CC(F)F. The van der Waals surface area contributed by atoms with Gasteiger partial charge in [-0.1, -0.05) is 23.2 Å². The number of aromatic nitrogens is 2. The summed E-state index contributed by atoms with van der Waals surface area (Å²) in [4.78, 5) is 11.1. The van der Waals surface area contributed by atoms with Crippen molar-refractivity contribution in [3.05, 3.63) is 26.6 Å². The molecule has 1 aromatic heterocycles. The number of halogens is 4. The molecule has 0 aromatic carbocycles. The van der Waals surface area contributed by atoms with Crippen LogP contribution in [-0.2, 0) is 6.54 Å². The average Bonchev–Trinajstić information content (AvgIpc) is 2.06. The predicted molar refractivity (Wildman–Crippen MR) is 44.5 cm³/mol. The second-order valence-electron chi connectivity index (χ2n) is 2.18. The van der Waals surface area contributed by atoms with Gasteiger partial charge in [-0.25, -0.2) is 13.5 Å². The quantitative estimate of drug-likeness (QED) is 0.775. The van der Waals surface area contributed by atoms with Crippen LogP contribution in [0.3, 0.4) is 0 Å². The zero-order valence-electron chi connectivity index (χ0n) is 6.18. The van der Waals surface area contributed by atoms with Crippen molar-refractivity contribution < 1.29 is 8.78 Å². The third kappa shape index (κ3) is 2.38. The van der Waals surface area contributed by atoms with Crippen molar-refractivity contribution in [2.45, 2.75) is 13.0 Å². The van der Waals surface area contributed by atoms with E-state index >= 15 is 0 Å². The van der Waals surface area contributed by atoms with Gasteiger partial charge in [0.1, 0.15) is 11.6 Å². The van der Waals surface area contributed by atoms with Gasteiger partial charge in [0.15, 0.2) is 0 Å². The van der Waals surface area contributed by atoms with Crippen LogP contribution in [0.4, 0.5) is 8.78 Å². The van der Waals surface area contributed by atoms with Crippen molar-refractivity contribution in [2.24, 2.45) is 0 Å². The minimum absolute atomic E-state index is 0.0443. The molecule has 0 saturated carbocycles. The van der Waals surface area contributed by atoms with Gasteiger partial charge in [-0.15, -0.1) is 0 Å². The van der Waals surface area contributed by atoms with Crippen LogP contribution in [0, 0.1) is 0 Å². The lowest BCUT2D eigenvalue weighted by molar-refractivity contribution is 0.119. The fourth-order valence-corrected chi connectivity index (χ4v) is 0.977. The van der Waals surface area contributed by atoms with Crippen molar-refractivity contribution in [3.8, 4) is 0 Å². The van der Waals surface area contributed by atoms with Crippen LogP contribution in [-0.4, -0.2) is 16.2 Å². The van der Waals surface area contributed by atoms with Gasteiger partial charge < -0.3 is 0 Å². The molecule has 0 fully saturated rings. The van der Waals surface area contributed by atoms with Crippen LogP contribution in [0.2, 0.25) is 10.0 Å². The highest BCUT2D eigenvalue weighted by atomic mass is 35.5. The van der Waals surface area contributed by atoms with Gasteiger partial charge in [-0.3, -0.25) is 4.79 Å².